The summed E-state index contributed by atoms with van der Waals surface area (Å²) in [4.78, 5) is 2.58. The zero-order valence-corrected chi connectivity index (χ0v) is 35.9. The van der Waals surface area contributed by atoms with Crippen LogP contribution >= 0.6 is 22.7 Å². The third-order valence-electron chi connectivity index (χ3n) is 13.2. The molecule has 0 spiro atoms. The van der Waals surface area contributed by atoms with Crippen LogP contribution < -0.4 is 20.7 Å². The number of nitrogens with zero attached hydrogens (tertiary/aromatic N) is 2. The molecule has 1 aliphatic rings. The van der Waals surface area contributed by atoms with Crippen LogP contribution in [0.1, 0.15) is 0 Å². The first-order valence-electron chi connectivity index (χ1n) is 21.0. The Morgan fingerprint density at radius 2 is 0.803 bits per heavy atom. The number of fused-ring (bicyclic) bond motifs is 9. The fraction of sp³-hybridized carbons (Fsp3) is 0. The van der Waals surface area contributed by atoms with Gasteiger partial charge in [0.25, 0.3) is 0 Å². The smallest absolute Gasteiger partial charge is 0.0602 e. The van der Waals surface area contributed by atoms with Gasteiger partial charge in [0, 0.05) is 16.5 Å². The van der Waals surface area contributed by atoms with Crippen LogP contribution in [0.15, 0.2) is 218 Å². The molecule has 0 atom stereocenters. The van der Waals surface area contributed by atoms with Crippen LogP contribution in [0.2, 0.25) is 0 Å². The van der Waals surface area contributed by atoms with Crippen molar-refractivity contribution in [2.24, 2.45) is 0 Å². The van der Waals surface area contributed by atoms with Gasteiger partial charge in [-0.3, -0.25) is 0 Å². The van der Waals surface area contributed by atoms with Crippen LogP contribution in [0.3, 0.4) is 0 Å². The minimum Gasteiger partial charge on any atom is -0.0602 e. The number of benzene rings is 8. The number of hydrogen-bond donors (Lipinski definition) is 0. The molecule has 0 N–H and O–H groups in total. The van der Waals surface area contributed by atoms with E-state index >= 15 is 0 Å². The van der Waals surface area contributed by atoms with Crippen molar-refractivity contribution in [2.45, 2.75) is 0 Å². The topological polar surface area (TPSA) is 9.86 Å². The first-order chi connectivity index (χ1) is 30.3. The van der Waals surface area contributed by atoms with Gasteiger partial charge in [-0.15, -0.1) is 0 Å². The molecule has 13 rings (SSSR count). The minimum absolute atomic E-state index is 1.18. The third kappa shape index (κ3) is 5.06. The van der Waals surface area contributed by atoms with Gasteiger partial charge in [-0.1, -0.05) is 36.4 Å². The van der Waals surface area contributed by atoms with Gasteiger partial charge in [0.1, 0.15) is 0 Å². The molecule has 288 valence electrons. The number of hydrogen-bond acceptors (Lipinski definition) is 2. The summed E-state index contributed by atoms with van der Waals surface area (Å²) in [5.74, 6) is 0. The van der Waals surface area contributed by atoms with Crippen molar-refractivity contribution >= 4 is 93.7 Å². The van der Waals surface area contributed by atoms with E-state index in [0.717, 1.165) is 0 Å². The van der Waals surface area contributed by atoms with Gasteiger partial charge in [-0.05, 0) is 24.3 Å². The van der Waals surface area contributed by atoms with Crippen molar-refractivity contribution in [3.8, 4) is 43.4 Å². The maximum atomic E-state index is 2.50. The Bertz CT molecular complexity index is 3590. The van der Waals surface area contributed by atoms with E-state index in [1.165, 1.54) is 106 Å². The zero-order valence-electron chi connectivity index (χ0n) is 33.1. The normalized spacial score (nSPS) is 13.6. The molecule has 0 amide bonds. The van der Waals surface area contributed by atoms with E-state index in [4.69, 9.17) is 0 Å². The molecule has 8 aromatic carbocycles. The Labute approximate surface area is 362 Å². The molecule has 0 bridgehead atoms. The minimum atomic E-state index is -2.96. The molecule has 0 aliphatic carbocycles. The summed E-state index contributed by atoms with van der Waals surface area (Å²) in [7, 11) is -2.96. The number of aromatic nitrogens is 2. The van der Waals surface area contributed by atoms with Crippen LogP contribution in [0.25, 0.3) is 85.6 Å². The van der Waals surface area contributed by atoms with Crippen LogP contribution in [-0.4, -0.2) is 17.2 Å². The number of rotatable bonds is 6. The molecule has 5 heteroatoms. The van der Waals surface area contributed by atoms with Crippen LogP contribution in [0.5, 0.6) is 0 Å². The molecule has 61 heavy (non-hydrogen) atoms. The molecular formula is C56H37N2S2Si-. The Morgan fingerprint density at radius 3 is 1.44 bits per heavy atom. The molecule has 0 saturated carbocycles. The molecule has 0 fully saturated rings. The van der Waals surface area contributed by atoms with E-state index in [9.17, 15) is 0 Å². The zero-order chi connectivity index (χ0) is 40.1. The van der Waals surface area contributed by atoms with Crippen molar-refractivity contribution in [3.05, 3.63) is 218 Å². The summed E-state index contributed by atoms with van der Waals surface area (Å²) in [6, 6.07) is 81.5. The van der Waals surface area contributed by atoms with Gasteiger partial charge in [-0.25, -0.2) is 0 Å². The maximum absolute atomic E-state index is 2.96. The third-order valence-corrected chi connectivity index (χ3v) is 21.4. The molecule has 12 aromatic rings. The van der Waals surface area contributed by atoms with Crippen molar-refractivity contribution in [1.29, 1.82) is 0 Å². The molecule has 0 radical (unpaired) electrons. The van der Waals surface area contributed by atoms with E-state index in [1.54, 1.807) is 0 Å². The first kappa shape index (κ1) is 34.8. The first-order valence-corrected chi connectivity index (χ1v) is 24.9. The second-order valence-corrected chi connectivity index (χ2v) is 22.7. The van der Waals surface area contributed by atoms with E-state index in [0.29, 0.717) is 0 Å². The Morgan fingerprint density at radius 1 is 0.328 bits per heavy atom. The summed E-state index contributed by atoms with van der Waals surface area (Å²) in [6.45, 7) is 0. The van der Waals surface area contributed by atoms with Gasteiger partial charge >= 0.3 is 272 Å². The molecule has 1 aliphatic heterocycles. The standard InChI is InChI=1S/C56H37N2S2Si/c1-5-17-39(18-6-1)57-47-27-15-13-25-43(47)45-33-37(29-31-48(45)57)51-35-49-55(59-51)56-50(58(49)40-19-7-2-8-20-40)36-52(60-56)38-30-32-54-46(34-38)44-26-14-16-28-53(44)61(54,41-21-9-3-10-22-41)42-23-11-4-12-24-42/h1-36,61H/q-1. The van der Waals surface area contributed by atoms with Gasteiger partial charge in [0.15, 0.2) is 0 Å². The monoisotopic (exact) mass is 829 g/mol. The summed E-state index contributed by atoms with van der Waals surface area (Å²) in [5.41, 5.74) is 12.6. The van der Waals surface area contributed by atoms with Gasteiger partial charge in [0.05, 0.1) is 11.0 Å². The molecule has 5 heterocycles. The van der Waals surface area contributed by atoms with E-state index in [-0.39, 0.29) is 0 Å². The number of thiophene rings is 2. The Kier molecular flexibility index (Phi) is 7.70. The van der Waals surface area contributed by atoms with E-state index in [1.807, 2.05) is 22.7 Å². The average Bonchev–Trinajstić information content (AvgIpc) is 4.14. The molecular weight excluding hydrogens is 793 g/mol. The van der Waals surface area contributed by atoms with Crippen LogP contribution in [0, 0.1) is 0 Å². The van der Waals surface area contributed by atoms with Crippen molar-refractivity contribution in [1.82, 2.24) is 9.13 Å². The predicted octanol–water partition coefficient (Wildman–Crippen LogP) is 12.4. The van der Waals surface area contributed by atoms with Gasteiger partial charge in [-0.2, -0.15) is 0 Å². The van der Waals surface area contributed by atoms with E-state index in [2.05, 4.69) is 228 Å². The average molecular weight is 830 g/mol. The summed E-state index contributed by atoms with van der Waals surface area (Å²) in [5, 5.41) is 8.45. The van der Waals surface area contributed by atoms with Crippen molar-refractivity contribution < 1.29 is 0 Å². The molecule has 4 aromatic heterocycles. The fourth-order valence-electron chi connectivity index (χ4n) is 10.7. The fourth-order valence-corrected chi connectivity index (χ4v) is 19.1. The van der Waals surface area contributed by atoms with Crippen molar-refractivity contribution in [3.63, 3.8) is 0 Å². The SMILES string of the molecule is c1ccc(-n2c3ccccc3c3cc(-c4cc5c(s4)c4sc(-c6ccc7c(c6)-c6ccccc6[SiH-]7(c6ccccc6)c6ccccc6)cc4n5-c4ccccc4)ccc32)cc1. The molecule has 0 unspecified atom stereocenters. The Balaban J connectivity index is 0.987. The predicted molar refractivity (Wildman–Crippen MR) is 266 cm³/mol. The second kappa shape index (κ2) is 13.5. The van der Waals surface area contributed by atoms with Gasteiger partial charge < -0.3 is 4.57 Å². The van der Waals surface area contributed by atoms with Gasteiger partial charge in [0.2, 0.25) is 0 Å². The summed E-state index contributed by atoms with van der Waals surface area (Å²) in [6.07, 6.45) is 0. The Hall–Kier alpha value is -7.02. The molecule has 2 nitrogen and oxygen atoms in total. The summed E-state index contributed by atoms with van der Waals surface area (Å²) >= 11 is 3.84. The molecule has 0 saturated heterocycles. The summed E-state index contributed by atoms with van der Waals surface area (Å²) < 4.78 is 7.55. The van der Waals surface area contributed by atoms with Crippen molar-refractivity contribution in [2.75, 3.05) is 0 Å². The van der Waals surface area contributed by atoms with Crippen LogP contribution in [0.4, 0.5) is 0 Å². The number of para-hydroxylation sites is 3. The second-order valence-electron chi connectivity index (χ2n) is 16.3. The van der Waals surface area contributed by atoms with Crippen LogP contribution in [-0.2, 0) is 0 Å². The quantitative estimate of drug-likeness (QED) is 0.148. The van der Waals surface area contributed by atoms with E-state index < -0.39 is 8.07 Å².